The maximum Gasteiger partial charge on any atom is 0.417 e. The summed E-state index contributed by atoms with van der Waals surface area (Å²) < 4.78 is 46.4. The van der Waals surface area contributed by atoms with Crippen molar-refractivity contribution in [2.24, 2.45) is 0 Å². The number of benzene rings is 1. The van der Waals surface area contributed by atoms with E-state index in [-0.39, 0.29) is 37.5 Å². The largest absolute Gasteiger partial charge is 0.417 e. The fourth-order valence-corrected chi connectivity index (χ4v) is 4.31. The molecule has 182 valence electrons. The number of halogens is 4. The molecule has 0 radical (unpaired) electrons. The summed E-state index contributed by atoms with van der Waals surface area (Å²) in [4.78, 5) is 19.0. The molecule has 1 amide bonds. The summed E-state index contributed by atoms with van der Waals surface area (Å²) in [5.41, 5.74) is 2.29. The molecule has 1 aliphatic heterocycles. The van der Waals surface area contributed by atoms with Gasteiger partial charge in [0.15, 0.2) is 5.76 Å². The van der Waals surface area contributed by atoms with E-state index in [9.17, 15) is 18.0 Å². The number of hydrogen-bond acceptors (Lipinski definition) is 5. The van der Waals surface area contributed by atoms with Crippen LogP contribution in [0, 0.1) is 6.92 Å². The lowest BCUT2D eigenvalue weighted by molar-refractivity contribution is -0.137. The first-order chi connectivity index (χ1) is 16.1. The van der Waals surface area contributed by atoms with Crippen molar-refractivity contribution < 1.29 is 22.5 Å². The van der Waals surface area contributed by atoms with Crippen molar-refractivity contribution in [3.8, 4) is 22.6 Å². The lowest BCUT2D eigenvalue weighted by atomic mass is 10.1. The molecule has 0 bridgehead atoms. The van der Waals surface area contributed by atoms with Gasteiger partial charge in [0, 0.05) is 36.3 Å². The number of anilines is 1. The van der Waals surface area contributed by atoms with Crippen LogP contribution in [0.25, 0.3) is 22.6 Å². The molecule has 1 aromatic carbocycles. The van der Waals surface area contributed by atoms with Crippen molar-refractivity contribution in [3.63, 3.8) is 0 Å². The molecule has 1 atom stereocenters. The molecule has 3 aromatic heterocycles. The van der Waals surface area contributed by atoms with Gasteiger partial charge in [-0.2, -0.15) is 31.8 Å². The zero-order chi connectivity index (χ0) is 24.2. The van der Waals surface area contributed by atoms with E-state index in [0.717, 1.165) is 23.3 Å². The fraction of sp³-hybridized carbons (Fsp3) is 0.217. The monoisotopic (exact) mass is 521 g/mol. The first-order valence-electron chi connectivity index (χ1n) is 10.3. The number of carbonyl (C=O) groups is 1. The molecule has 12 heteroatoms. The van der Waals surface area contributed by atoms with Crippen LogP contribution in [0.4, 0.5) is 18.9 Å². The summed E-state index contributed by atoms with van der Waals surface area (Å²) in [6, 6.07) is 6.57. The normalized spacial score (nSPS) is 15.7. The van der Waals surface area contributed by atoms with Crippen molar-refractivity contribution in [1.29, 1.82) is 0 Å². The van der Waals surface area contributed by atoms with Gasteiger partial charge in [-0.05, 0) is 43.7 Å². The van der Waals surface area contributed by atoms with Gasteiger partial charge in [-0.3, -0.25) is 14.5 Å². The molecule has 0 aliphatic carbocycles. The number of carbonyl (C=O) groups excluding carboxylic acids is 1. The van der Waals surface area contributed by atoms with E-state index in [1.54, 1.807) is 23.1 Å². The van der Waals surface area contributed by atoms with Crippen LogP contribution < -0.4 is 4.90 Å². The molecule has 5 rings (SSSR count). The fourth-order valence-electron chi connectivity index (χ4n) is 4.03. The van der Waals surface area contributed by atoms with Crippen LogP contribution in [0.3, 0.4) is 0 Å². The minimum absolute atomic E-state index is 0. The zero-order valence-electron chi connectivity index (χ0n) is 18.5. The highest BCUT2D eigenvalue weighted by Crippen LogP contribution is 2.39. The molecule has 7 nitrogen and oxygen atoms in total. The Bertz CT molecular complexity index is 1420. The van der Waals surface area contributed by atoms with Crippen LogP contribution >= 0.6 is 25.1 Å². The van der Waals surface area contributed by atoms with Crippen molar-refractivity contribution in [2.45, 2.75) is 26.1 Å². The lowest BCUT2D eigenvalue weighted by Gasteiger charge is -2.32. The number of nitrogens with zero attached hydrogens (tertiary/aromatic N) is 5. The topological polar surface area (TPSA) is 77.0 Å². The van der Waals surface area contributed by atoms with Crippen molar-refractivity contribution in [1.82, 2.24) is 19.9 Å². The Labute approximate surface area is 209 Å². The molecule has 0 saturated carbocycles. The Morgan fingerprint density at radius 2 is 1.91 bits per heavy atom. The van der Waals surface area contributed by atoms with E-state index in [2.05, 4.69) is 15.2 Å². The Hall–Kier alpha value is -3.31. The summed E-state index contributed by atoms with van der Waals surface area (Å²) in [5.74, 6) is -0.0933. The summed E-state index contributed by atoms with van der Waals surface area (Å²) >= 11 is 5.89. The Morgan fingerprint density at radius 1 is 1.14 bits per heavy atom. The van der Waals surface area contributed by atoms with Gasteiger partial charge in [0.1, 0.15) is 11.4 Å². The van der Waals surface area contributed by atoms with Crippen LogP contribution in [0.2, 0.25) is 5.02 Å². The predicted octanol–water partition coefficient (Wildman–Crippen LogP) is 5.91. The quantitative estimate of drug-likeness (QED) is 0.335. The van der Waals surface area contributed by atoms with Crippen molar-refractivity contribution in [3.05, 3.63) is 70.8 Å². The second-order valence-corrected chi connectivity index (χ2v) is 8.45. The summed E-state index contributed by atoms with van der Waals surface area (Å²) in [7, 11) is 0. The molecule has 0 fully saturated rings. The van der Waals surface area contributed by atoms with Gasteiger partial charge in [-0.1, -0.05) is 16.8 Å². The number of hydrogen-bond donors (Lipinski definition) is 0. The van der Waals surface area contributed by atoms with Crippen molar-refractivity contribution in [2.75, 3.05) is 11.4 Å². The highest BCUT2D eigenvalue weighted by Gasteiger charge is 2.37. The Morgan fingerprint density at radius 3 is 2.60 bits per heavy atom. The van der Waals surface area contributed by atoms with E-state index in [4.69, 9.17) is 16.1 Å². The van der Waals surface area contributed by atoms with Crippen LogP contribution in [0.1, 0.15) is 34.6 Å². The van der Waals surface area contributed by atoms with Gasteiger partial charge < -0.3 is 9.42 Å². The van der Waals surface area contributed by atoms with E-state index in [1.165, 1.54) is 17.2 Å². The van der Waals surface area contributed by atoms with Crippen LogP contribution in [-0.2, 0) is 6.18 Å². The second-order valence-electron chi connectivity index (χ2n) is 8.05. The summed E-state index contributed by atoms with van der Waals surface area (Å²) in [6.45, 7) is 3.99. The van der Waals surface area contributed by atoms with Gasteiger partial charge in [-0.25, -0.2) is 0 Å². The number of amides is 1. The van der Waals surface area contributed by atoms with Gasteiger partial charge in [0.05, 0.1) is 28.4 Å². The number of alkyl halides is 3. The van der Waals surface area contributed by atoms with Crippen LogP contribution in [-0.4, -0.2) is 32.4 Å². The Balaban J connectivity index is 0.00000289. The minimum atomic E-state index is -4.59. The molecule has 0 saturated heterocycles. The first-order valence-corrected chi connectivity index (χ1v) is 10.7. The first kappa shape index (κ1) is 24.8. The predicted molar refractivity (Wildman–Crippen MR) is 129 cm³/mol. The maximum absolute atomic E-state index is 13.5. The van der Waals surface area contributed by atoms with E-state index < -0.39 is 22.7 Å². The molecule has 35 heavy (non-hydrogen) atoms. The third-order valence-electron chi connectivity index (χ3n) is 5.77. The molecule has 4 aromatic rings. The van der Waals surface area contributed by atoms with Crippen LogP contribution in [0.5, 0.6) is 0 Å². The number of aryl methyl sites for hydroxylation is 1. The second kappa shape index (κ2) is 9.04. The highest BCUT2D eigenvalue weighted by atomic mass is 35.5. The molecular weight excluding hydrogens is 503 g/mol. The standard InChI is InChI=1S/C23H17ClF3N5O2.H2S/c1-12-5-6-28-9-15(12)19-8-20(34-30-19)16-10-29-32-13(2)11-31(22(33)21(16)32)14-3-4-17(18(24)7-14)23(25,26)27;/h3-10,13H,11H2,1-2H3;1H2/t13-;/m0./s1. The van der Waals surface area contributed by atoms with Gasteiger partial charge in [-0.15, -0.1) is 0 Å². The van der Waals surface area contributed by atoms with E-state index >= 15 is 0 Å². The minimum Gasteiger partial charge on any atom is -0.356 e. The average molecular weight is 522 g/mol. The SMILES string of the molecule is Cc1ccncc1-c1cc(-c2cnn3c2C(=O)N(c2ccc(C(F)(F)F)c(Cl)c2)C[C@@H]3C)on1.S. The molecule has 4 heterocycles. The third-order valence-corrected chi connectivity index (χ3v) is 6.08. The summed E-state index contributed by atoms with van der Waals surface area (Å²) in [5, 5.41) is 7.99. The molecule has 0 spiro atoms. The van der Waals surface area contributed by atoms with Gasteiger partial charge in [0.2, 0.25) is 0 Å². The molecular formula is C23H19ClF3N5O2S. The highest BCUT2D eigenvalue weighted by molar-refractivity contribution is 7.59. The third kappa shape index (κ3) is 4.30. The number of fused-ring (bicyclic) bond motifs is 1. The van der Waals surface area contributed by atoms with Crippen LogP contribution in [0.15, 0.2) is 53.4 Å². The van der Waals surface area contributed by atoms with E-state index in [0.29, 0.717) is 17.0 Å². The van der Waals surface area contributed by atoms with Gasteiger partial charge in [0.25, 0.3) is 5.91 Å². The maximum atomic E-state index is 13.5. The molecule has 0 N–H and O–H groups in total. The molecule has 1 aliphatic rings. The summed E-state index contributed by atoms with van der Waals surface area (Å²) in [6.07, 6.45) is 0.286. The average Bonchev–Trinajstić information content (AvgIpc) is 3.43. The van der Waals surface area contributed by atoms with Crippen molar-refractivity contribution >= 4 is 36.7 Å². The molecule has 0 unspecified atom stereocenters. The number of aromatic nitrogens is 4. The van der Waals surface area contributed by atoms with E-state index in [1.807, 2.05) is 19.9 Å². The number of rotatable bonds is 3. The zero-order valence-corrected chi connectivity index (χ0v) is 20.2. The smallest absolute Gasteiger partial charge is 0.356 e. The van der Waals surface area contributed by atoms with Gasteiger partial charge >= 0.3 is 6.18 Å². The number of pyridine rings is 1. The Kier molecular flexibility index (Phi) is 6.41. The lowest BCUT2D eigenvalue weighted by Crippen LogP contribution is -2.42.